The number of ether oxygens (including phenoxy) is 1. The molecule has 0 bridgehead atoms. The van der Waals surface area contributed by atoms with Gasteiger partial charge >= 0.3 is 0 Å². The fourth-order valence-electron chi connectivity index (χ4n) is 2.63. The summed E-state index contributed by atoms with van der Waals surface area (Å²) in [7, 11) is 0. The summed E-state index contributed by atoms with van der Waals surface area (Å²) in [6.45, 7) is 10.3. The lowest BCUT2D eigenvalue weighted by atomic mass is 10.0. The zero-order chi connectivity index (χ0) is 15.6. The van der Waals surface area contributed by atoms with Crippen LogP contribution in [0.4, 0.5) is 0 Å². The molecule has 0 fully saturated rings. The molecule has 21 heavy (non-hydrogen) atoms. The molecule has 0 aliphatic carbocycles. The van der Waals surface area contributed by atoms with E-state index in [1.54, 1.807) is 6.92 Å². The summed E-state index contributed by atoms with van der Waals surface area (Å²) in [5, 5.41) is 0. The van der Waals surface area contributed by atoms with Gasteiger partial charge in [-0.15, -0.1) is 0 Å². The van der Waals surface area contributed by atoms with Gasteiger partial charge < -0.3 is 4.74 Å². The maximum atomic E-state index is 11.7. The normalized spacial score (nSPS) is 10.5. The van der Waals surface area contributed by atoms with Crippen LogP contribution in [-0.4, -0.2) is 5.78 Å². The summed E-state index contributed by atoms with van der Waals surface area (Å²) < 4.78 is 5.92. The van der Waals surface area contributed by atoms with Crippen LogP contribution in [0.5, 0.6) is 5.75 Å². The van der Waals surface area contributed by atoms with Crippen LogP contribution < -0.4 is 4.74 Å². The van der Waals surface area contributed by atoms with Crippen molar-refractivity contribution in [1.82, 2.24) is 0 Å². The molecule has 2 nitrogen and oxygen atoms in total. The molecule has 0 heterocycles. The first-order valence-corrected chi connectivity index (χ1v) is 7.19. The number of benzene rings is 2. The van der Waals surface area contributed by atoms with Crippen molar-refractivity contribution in [2.45, 2.75) is 41.2 Å². The molecule has 2 rings (SSSR count). The van der Waals surface area contributed by atoms with Crippen molar-refractivity contribution >= 4 is 5.78 Å². The number of carbonyl (C=O) groups excluding carboxylic acids is 1. The van der Waals surface area contributed by atoms with E-state index in [0.29, 0.717) is 17.9 Å². The van der Waals surface area contributed by atoms with E-state index in [4.69, 9.17) is 4.74 Å². The molecule has 0 spiro atoms. The van der Waals surface area contributed by atoms with Crippen LogP contribution >= 0.6 is 0 Å². The molecule has 2 heteroatoms. The Morgan fingerprint density at radius 1 is 0.952 bits per heavy atom. The monoisotopic (exact) mass is 282 g/mol. The molecule has 0 N–H and O–H groups in total. The third-order valence-corrected chi connectivity index (χ3v) is 3.73. The van der Waals surface area contributed by atoms with Gasteiger partial charge in [-0.25, -0.2) is 0 Å². The molecule has 0 saturated heterocycles. The predicted molar refractivity (Wildman–Crippen MR) is 86.2 cm³/mol. The Morgan fingerprint density at radius 3 is 2.14 bits per heavy atom. The van der Waals surface area contributed by atoms with Gasteiger partial charge in [0, 0.05) is 0 Å². The van der Waals surface area contributed by atoms with Crippen LogP contribution in [0.3, 0.4) is 0 Å². The maximum absolute atomic E-state index is 11.7. The van der Waals surface area contributed by atoms with Crippen LogP contribution in [0, 0.1) is 27.7 Å². The molecule has 2 aromatic rings. The number of ketones is 1. The highest BCUT2D eigenvalue weighted by Gasteiger charge is 2.10. The second-order valence-electron chi connectivity index (χ2n) is 5.72. The van der Waals surface area contributed by atoms with Gasteiger partial charge in [0.2, 0.25) is 0 Å². The van der Waals surface area contributed by atoms with Gasteiger partial charge in [0.1, 0.15) is 12.4 Å². The second kappa shape index (κ2) is 6.13. The first-order chi connectivity index (χ1) is 9.88. The molecule has 0 aromatic heterocycles. The van der Waals surface area contributed by atoms with Crippen LogP contribution in [0.15, 0.2) is 30.3 Å². The summed E-state index contributed by atoms with van der Waals surface area (Å²) >= 11 is 0. The number of hydrogen-bond donors (Lipinski definition) is 0. The zero-order valence-electron chi connectivity index (χ0n) is 13.4. The minimum atomic E-state index is 0.0334. The quantitative estimate of drug-likeness (QED) is 0.760. The van der Waals surface area contributed by atoms with Crippen LogP contribution in [0.25, 0.3) is 0 Å². The van der Waals surface area contributed by atoms with Crippen molar-refractivity contribution in [2.75, 3.05) is 0 Å². The Kier molecular flexibility index (Phi) is 4.46. The minimum absolute atomic E-state index is 0.0334. The van der Waals surface area contributed by atoms with E-state index < -0.39 is 0 Å². The molecule has 0 saturated carbocycles. The van der Waals surface area contributed by atoms with Crippen LogP contribution in [-0.2, 0) is 6.61 Å². The predicted octanol–water partition coefficient (Wildman–Crippen LogP) is 4.70. The number of aryl methyl sites for hydroxylation is 4. The largest absolute Gasteiger partial charge is 0.488 e. The zero-order valence-corrected chi connectivity index (χ0v) is 13.4. The first kappa shape index (κ1) is 15.3. The SMILES string of the molecule is CC(=O)c1cc(C)ccc1OCc1c(C)cc(C)cc1C. The Morgan fingerprint density at radius 2 is 1.57 bits per heavy atom. The molecule has 110 valence electrons. The molecular weight excluding hydrogens is 260 g/mol. The standard InChI is InChI=1S/C19H22O2/c1-12-6-7-19(17(10-12)16(5)20)21-11-18-14(3)8-13(2)9-15(18)4/h6-10H,11H2,1-5H3. The average Bonchev–Trinajstić information content (AvgIpc) is 2.38. The smallest absolute Gasteiger partial charge is 0.163 e. The lowest BCUT2D eigenvalue weighted by Crippen LogP contribution is -2.05. The lowest BCUT2D eigenvalue weighted by Gasteiger charge is -2.14. The number of Topliss-reactive ketones (excluding diaryl/α,β-unsaturated/α-hetero) is 1. The highest BCUT2D eigenvalue weighted by atomic mass is 16.5. The fraction of sp³-hybridized carbons (Fsp3) is 0.316. The lowest BCUT2D eigenvalue weighted by molar-refractivity contribution is 0.101. The van der Waals surface area contributed by atoms with Crippen molar-refractivity contribution in [3.8, 4) is 5.75 Å². The third kappa shape index (κ3) is 3.52. The molecular formula is C19H22O2. The van der Waals surface area contributed by atoms with E-state index >= 15 is 0 Å². The molecule has 0 aliphatic heterocycles. The number of rotatable bonds is 4. The Bertz CT molecular complexity index is 661. The highest BCUT2D eigenvalue weighted by Crippen LogP contribution is 2.24. The topological polar surface area (TPSA) is 26.3 Å². The Hall–Kier alpha value is -2.09. The van der Waals surface area contributed by atoms with Crippen LogP contribution in [0.1, 0.15) is 45.1 Å². The highest BCUT2D eigenvalue weighted by molar-refractivity contribution is 5.97. The fourth-order valence-corrected chi connectivity index (χ4v) is 2.63. The van der Waals surface area contributed by atoms with Gasteiger partial charge in [-0.05, 0) is 63.4 Å². The van der Waals surface area contributed by atoms with Crippen LogP contribution in [0.2, 0.25) is 0 Å². The molecule has 0 amide bonds. The van der Waals surface area contributed by atoms with Gasteiger partial charge in [-0.1, -0.05) is 29.3 Å². The van der Waals surface area contributed by atoms with E-state index in [9.17, 15) is 4.79 Å². The number of carbonyl (C=O) groups is 1. The molecule has 2 aromatic carbocycles. The van der Waals surface area contributed by atoms with Gasteiger partial charge in [-0.3, -0.25) is 4.79 Å². The van der Waals surface area contributed by atoms with Crippen molar-refractivity contribution in [3.05, 3.63) is 63.7 Å². The Balaban J connectivity index is 2.27. The van der Waals surface area contributed by atoms with Gasteiger partial charge in [0.15, 0.2) is 5.78 Å². The summed E-state index contributed by atoms with van der Waals surface area (Å²) in [6.07, 6.45) is 0. The minimum Gasteiger partial charge on any atom is -0.488 e. The van der Waals surface area contributed by atoms with E-state index in [2.05, 4.69) is 32.9 Å². The number of hydrogen-bond acceptors (Lipinski definition) is 2. The molecule has 0 atom stereocenters. The van der Waals surface area contributed by atoms with E-state index in [-0.39, 0.29) is 5.78 Å². The van der Waals surface area contributed by atoms with Gasteiger partial charge in [-0.2, -0.15) is 0 Å². The van der Waals surface area contributed by atoms with E-state index in [1.807, 2.05) is 25.1 Å². The van der Waals surface area contributed by atoms with Gasteiger partial charge in [0.05, 0.1) is 5.56 Å². The molecule has 0 radical (unpaired) electrons. The average molecular weight is 282 g/mol. The van der Waals surface area contributed by atoms with Gasteiger partial charge in [0.25, 0.3) is 0 Å². The van der Waals surface area contributed by atoms with Crippen molar-refractivity contribution in [3.63, 3.8) is 0 Å². The van der Waals surface area contributed by atoms with E-state index in [1.165, 1.54) is 22.3 Å². The van der Waals surface area contributed by atoms with Crippen molar-refractivity contribution in [1.29, 1.82) is 0 Å². The summed E-state index contributed by atoms with van der Waals surface area (Å²) in [6, 6.07) is 10.0. The maximum Gasteiger partial charge on any atom is 0.163 e. The Labute approximate surface area is 126 Å². The van der Waals surface area contributed by atoms with Crippen molar-refractivity contribution < 1.29 is 9.53 Å². The summed E-state index contributed by atoms with van der Waals surface area (Å²) in [5.74, 6) is 0.693. The second-order valence-corrected chi connectivity index (χ2v) is 5.72. The van der Waals surface area contributed by atoms with Crippen molar-refractivity contribution in [2.24, 2.45) is 0 Å². The summed E-state index contributed by atoms with van der Waals surface area (Å²) in [4.78, 5) is 11.7. The molecule has 0 unspecified atom stereocenters. The first-order valence-electron chi connectivity index (χ1n) is 7.19. The summed E-state index contributed by atoms with van der Waals surface area (Å²) in [5.41, 5.74) is 6.62. The molecule has 0 aliphatic rings. The third-order valence-electron chi connectivity index (χ3n) is 3.73. The van der Waals surface area contributed by atoms with E-state index in [0.717, 1.165) is 5.56 Å².